The largest absolute Gasteiger partial charge is 0.250 e. The van der Waals surface area contributed by atoms with Crippen LogP contribution < -0.4 is 4.72 Å². The van der Waals surface area contributed by atoms with Gasteiger partial charge in [-0.15, -0.1) is 23.7 Å². The maximum absolute atomic E-state index is 11.6. The van der Waals surface area contributed by atoms with E-state index in [9.17, 15) is 8.42 Å². The van der Waals surface area contributed by atoms with Crippen molar-refractivity contribution in [3.63, 3.8) is 0 Å². The van der Waals surface area contributed by atoms with Crippen LogP contribution >= 0.6 is 22.9 Å². The zero-order valence-electron chi connectivity index (χ0n) is 7.86. The Labute approximate surface area is 98.5 Å². The van der Waals surface area contributed by atoms with Crippen LogP contribution in [0.15, 0.2) is 16.3 Å². The van der Waals surface area contributed by atoms with E-state index in [1.54, 1.807) is 6.07 Å². The van der Waals surface area contributed by atoms with E-state index in [0.717, 1.165) is 11.3 Å². The summed E-state index contributed by atoms with van der Waals surface area (Å²) in [6, 6.07) is 3.04. The molecule has 0 saturated carbocycles. The van der Waals surface area contributed by atoms with E-state index >= 15 is 0 Å². The molecule has 1 aromatic heterocycles. The third kappa shape index (κ3) is 3.84. The minimum absolute atomic E-state index is 0.230. The van der Waals surface area contributed by atoms with Gasteiger partial charge >= 0.3 is 0 Å². The monoisotopic (exact) mass is 263 g/mol. The summed E-state index contributed by atoms with van der Waals surface area (Å²) >= 11 is 6.68. The molecule has 0 unspecified atom stereocenters. The summed E-state index contributed by atoms with van der Waals surface area (Å²) < 4.78 is 26.3. The van der Waals surface area contributed by atoms with Crippen LogP contribution in [0.25, 0.3) is 0 Å². The number of rotatable bonds is 5. The molecule has 0 aliphatic rings. The second-order valence-electron chi connectivity index (χ2n) is 2.76. The van der Waals surface area contributed by atoms with Crippen LogP contribution in [0.4, 0.5) is 0 Å². The summed E-state index contributed by atoms with van der Waals surface area (Å²) in [5, 5.41) is 0. The Morgan fingerprint density at radius 2 is 2.27 bits per heavy atom. The molecule has 0 aliphatic heterocycles. The second kappa shape index (κ2) is 5.52. The first-order chi connectivity index (χ1) is 7.06. The van der Waals surface area contributed by atoms with Gasteiger partial charge in [0.2, 0.25) is 10.0 Å². The van der Waals surface area contributed by atoms with Crippen molar-refractivity contribution in [3.05, 3.63) is 16.5 Å². The number of sulfonamides is 1. The van der Waals surface area contributed by atoms with Gasteiger partial charge in [0.05, 0.1) is 4.34 Å². The molecule has 0 amide bonds. The molecule has 1 rings (SSSR count). The van der Waals surface area contributed by atoms with Crippen molar-refractivity contribution >= 4 is 33.0 Å². The van der Waals surface area contributed by atoms with Gasteiger partial charge in [0, 0.05) is 13.0 Å². The average molecular weight is 264 g/mol. The lowest BCUT2D eigenvalue weighted by Crippen LogP contribution is -2.23. The smallest absolute Gasteiger partial charge is 0.210 e. The molecule has 1 aromatic rings. The molecule has 15 heavy (non-hydrogen) atoms. The minimum Gasteiger partial charge on any atom is -0.210 e. The molecule has 0 atom stereocenters. The molecule has 82 valence electrons. The fourth-order valence-electron chi connectivity index (χ4n) is 0.910. The Bertz CT molecular complexity index is 459. The van der Waals surface area contributed by atoms with Crippen molar-refractivity contribution in [2.75, 3.05) is 6.54 Å². The predicted molar refractivity (Wildman–Crippen MR) is 62.6 cm³/mol. The van der Waals surface area contributed by atoms with Gasteiger partial charge in [0.1, 0.15) is 4.21 Å². The van der Waals surface area contributed by atoms with Crippen LogP contribution in [0, 0.1) is 12.3 Å². The number of thiophene rings is 1. The first kappa shape index (κ1) is 12.5. The van der Waals surface area contributed by atoms with Crippen LogP contribution in [0.5, 0.6) is 0 Å². The molecular weight excluding hydrogens is 254 g/mol. The molecule has 0 bridgehead atoms. The molecule has 6 heteroatoms. The lowest BCUT2D eigenvalue weighted by atomic mass is 10.3. The van der Waals surface area contributed by atoms with E-state index in [2.05, 4.69) is 10.6 Å². The Balaban J connectivity index is 2.57. The van der Waals surface area contributed by atoms with Gasteiger partial charge in [-0.05, 0) is 18.6 Å². The molecule has 1 heterocycles. The molecule has 0 saturated heterocycles. The van der Waals surface area contributed by atoms with Crippen molar-refractivity contribution < 1.29 is 8.42 Å². The molecule has 1 N–H and O–H groups in total. The van der Waals surface area contributed by atoms with E-state index in [-0.39, 0.29) is 4.21 Å². The lowest BCUT2D eigenvalue weighted by molar-refractivity contribution is 0.582. The van der Waals surface area contributed by atoms with Crippen molar-refractivity contribution in [3.8, 4) is 12.3 Å². The Morgan fingerprint density at radius 3 is 2.80 bits per heavy atom. The maximum Gasteiger partial charge on any atom is 0.250 e. The van der Waals surface area contributed by atoms with Crippen LogP contribution in [0.1, 0.15) is 12.8 Å². The minimum atomic E-state index is -3.40. The van der Waals surface area contributed by atoms with Gasteiger partial charge in [-0.3, -0.25) is 0 Å². The molecule has 0 spiro atoms. The quantitative estimate of drug-likeness (QED) is 0.653. The number of hydrogen-bond acceptors (Lipinski definition) is 3. The number of nitrogens with one attached hydrogen (secondary N) is 1. The summed E-state index contributed by atoms with van der Waals surface area (Å²) in [5.74, 6) is 2.44. The number of unbranched alkanes of at least 4 members (excludes halogenated alkanes) is 1. The SMILES string of the molecule is C#CCCCNS(=O)(=O)c1ccc(Cl)s1. The molecule has 0 aliphatic carbocycles. The Kier molecular flexibility index (Phi) is 4.61. The van der Waals surface area contributed by atoms with Gasteiger partial charge < -0.3 is 0 Å². The maximum atomic E-state index is 11.6. The van der Waals surface area contributed by atoms with Crippen LogP contribution in [-0.4, -0.2) is 15.0 Å². The zero-order chi connectivity index (χ0) is 11.3. The highest BCUT2D eigenvalue weighted by atomic mass is 35.5. The predicted octanol–water partition coefficient (Wildman–Crippen LogP) is 2.09. The molecule has 0 radical (unpaired) electrons. The molecule has 3 nitrogen and oxygen atoms in total. The summed E-state index contributed by atoms with van der Waals surface area (Å²) in [7, 11) is -3.40. The number of halogens is 1. The van der Waals surface area contributed by atoms with Crippen LogP contribution in [0.3, 0.4) is 0 Å². The Morgan fingerprint density at radius 1 is 1.53 bits per heavy atom. The number of hydrogen-bond donors (Lipinski definition) is 1. The van der Waals surface area contributed by atoms with E-state index in [0.29, 0.717) is 23.7 Å². The molecule has 0 fully saturated rings. The van der Waals surface area contributed by atoms with Crippen molar-refractivity contribution in [2.24, 2.45) is 0 Å². The summed E-state index contributed by atoms with van der Waals surface area (Å²) in [6.07, 6.45) is 6.25. The summed E-state index contributed by atoms with van der Waals surface area (Å²) in [5.41, 5.74) is 0. The topological polar surface area (TPSA) is 46.2 Å². The highest BCUT2D eigenvalue weighted by Gasteiger charge is 2.15. The number of terminal acetylenes is 1. The zero-order valence-corrected chi connectivity index (χ0v) is 10.3. The fourth-order valence-corrected chi connectivity index (χ4v) is 3.51. The third-order valence-corrected chi connectivity index (χ3v) is 4.79. The van der Waals surface area contributed by atoms with Gasteiger partial charge in [-0.2, -0.15) is 0 Å². The first-order valence-corrected chi connectivity index (χ1v) is 6.92. The van der Waals surface area contributed by atoms with E-state index in [1.807, 2.05) is 0 Å². The summed E-state index contributed by atoms with van der Waals surface area (Å²) in [4.78, 5) is 0. The van der Waals surface area contributed by atoms with E-state index in [1.165, 1.54) is 6.07 Å². The van der Waals surface area contributed by atoms with E-state index in [4.69, 9.17) is 18.0 Å². The standard InChI is InChI=1S/C9H10ClNO2S2/c1-2-3-4-7-11-15(12,13)9-6-5-8(10)14-9/h1,5-6,11H,3-4,7H2. The van der Waals surface area contributed by atoms with Gasteiger partial charge in [0.15, 0.2) is 0 Å². The van der Waals surface area contributed by atoms with Gasteiger partial charge in [-0.25, -0.2) is 13.1 Å². The van der Waals surface area contributed by atoms with Crippen LogP contribution in [0.2, 0.25) is 4.34 Å². The van der Waals surface area contributed by atoms with Crippen LogP contribution in [-0.2, 0) is 10.0 Å². The van der Waals surface area contributed by atoms with E-state index < -0.39 is 10.0 Å². The summed E-state index contributed by atoms with van der Waals surface area (Å²) in [6.45, 7) is 0.349. The lowest BCUT2D eigenvalue weighted by Gasteiger charge is -2.02. The van der Waals surface area contributed by atoms with Crippen molar-refractivity contribution in [2.45, 2.75) is 17.1 Å². The molecular formula is C9H10ClNO2S2. The van der Waals surface area contributed by atoms with Gasteiger partial charge in [0.25, 0.3) is 0 Å². The second-order valence-corrected chi connectivity index (χ2v) is 6.47. The highest BCUT2D eigenvalue weighted by molar-refractivity contribution is 7.91. The third-order valence-electron chi connectivity index (χ3n) is 1.60. The van der Waals surface area contributed by atoms with Crippen molar-refractivity contribution in [1.29, 1.82) is 0 Å². The highest BCUT2D eigenvalue weighted by Crippen LogP contribution is 2.25. The molecule has 0 aromatic carbocycles. The first-order valence-electron chi connectivity index (χ1n) is 4.25. The normalized spacial score (nSPS) is 11.2. The van der Waals surface area contributed by atoms with Crippen molar-refractivity contribution in [1.82, 2.24) is 4.72 Å². The Hall–Kier alpha value is -0.540. The average Bonchev–Trinajstić information content (AvgIpc) is 2.60. The fraction of sp³-hybridized carbons (Fsp3) is 0.333. The van der Waals surface area contributed by atoms with Gasteiger partial charge in [-0.1, -0.05) is 11.6 Å².